The fraction of sp³-hybridized carbons (Fsp3) is 0.357. The Hall–Kier alpha value is -3.85. The van der Waals surface area contributed by atoms with Gasteiger partial charge in [0.15, 0.2) is 5.65 Å². The molecule has 2 aliphatic heterocycles. The lowest BCUT2D eigenvalue weighted by Gasteiger charge is -2.26. The summed E-state index contributed by atoms with van der Waals surface area (Å²) in [6, 6.07) is 15.8. The van der Waals surface area contributed by atoms with Gasteiger partial charge in [0.1, 0.15) is 17.5 Å². The summed E-state index contributed by atoms with van der Waals surface area (Å²) in [5.74, 6) is 1.51. The van der Waals surface area contributed by atoms with E-state index in [1.54, 1.807) is 12.1 Å². The van der Waals surface area contributed by atoms with E-state index >= 15 is 0 Å². The normalized spacial score (nSPS) is 17.2. The zero-order valence-electron chi connectivity index (χ0n) is 20.6. The molecule has 6 rings (SSSR count). The summed E-state index contributed by atoms with van der Waals surface area (Å²) < 4.78 is 20.8. The number of benzene rings is 2. The van der Waals surface area contributed by atoms with Gasteiger partial charge in [-0.3, -0.25) is 4.79 Å². The van der Waals surface area contributed by atoms with Gasteiger partial charge in [-0.2, -0.15) is 5.10 Å². The number of anilines is 1. The summed E-state index contributed by atoms with van der Waals surface area (Å²) in [4.78, 5) is 27.3. The van der Waals surface area contributed by atoms with E-state index < -0.39 is 0 Å². The van der Waals surface area contributed by atoms with E-state index in [1.807, 2.05) is 46.1 Å². The Balaban J connectivity index is 1.33. The van der Waals surface area contributed by atoms with Crippen molar-refractivity contribution in [3.8, 4) is 5.69 Å². The zero-order valence-corrected chi connectivity index (χ0v) is 20.6. The fourth-order valence-electron chi connectivity index (χ4n) is 5.15. The summed E-state index contributed by atoms with van der Waals surface area (Å²) in [6.07, 6.45) is 4.43. The SMILES string of the molecule is O=C(c1ccc(F)cc1)N1CCCN(c2nc(C3CCOCC3)nc3c2cnn3-c2ccccc2)CC1. The highest BCUT2D eigenvalue weighted by molar-refractivity contribution is 5.94. The van der Waals surface area contributed by atoms with Crippen LogP contribution in [-0.4, -0.2) is 69.9 Å². The first-order chi connectivity index (χ1) is 18.2. The second-order valence-electron chi connectivity index (χ2n) is 9.56. The van der Waals surface area contributed by atoms with Crippen molar-refractivity contribution in [3.05, 3.63) is 78.0 Å². The van der Waals surface area contributed by atoms with Crippen molar-refractivity contribution < 1.29 is 13.9 Å². The molecule has 0 aliphatic carbocycles. The number of carbonyl (C=O) groups is 1. The lowest BCUT2D eigenvalue weighted by Crippen LogP contribution is -2.35. The van der Waals surface area contributed by atoms with Gasteiger partial charge in [-0.05, 0) is 55.7 Å². The van der Waals surface area contributed by atoms with Crippen molar-refractivity contribution >= 4 is 22.8 Å². The maximum atomic E-state index is 13.3. The zero-order chi connectivity index (χ0) is 25.2. The highest BCUT2D eigenvalue weighted by atomic mass is 19.1. The standard InChI is InChI=1S/C28H29FN6O2/c29-22-9-7-21(8-10-22)28(36)34-14-4-13-33(15-16-34)26-24-19-30-35(23-5-2-1-3-6-23)27(24)32-25(31-26)20-11-17-37-18-12-20/h1-3,5-10,19-20H,4,11-18H2. The highest BCUT2D eigenvalue weighted by Gasteiger charge is 2.27. The summed E-state index contributed by atoms with van der Waals surface area (Å²) in [5, 5.41) is 5.59. The van der Waals surface area contributed by atoms with Gasteiger partial charge in [0.2, 0.25) is 0 Å². The quantitative estimate of drug-likeness (QED) is 0.418. The Labute approximate surface area is 214 Å². The van der Waals surface area contributed by atoms with Gasteiger partial charge in [0, 0.05) is 50.9 Å². The summed E-state index contributed by atoms with van der Waals surface area (Å²) in [6.45, 7) is 4.02. The molecule has 9 heteroatoms. The Bertz CT molecular complexity index is 1390. The summed E-state index contributed by atoms with van der Waals surface area (Å²) >= 11 is 0. The number of para-hydroxylation sites is 1. The molecule has 4 heterocycles. The van der Waals surface area contributed by atoms with Crippen molar-refractivity contribution in [2.75, 3.05) is 44.3 Å². The van der Waals surface area contributed by atoms with E-state index in [9.17, 15) is 9.18 Å². The van der Waals surface area contributed by atoms with Crippen LogP contribution in [0.4, 0.5) is 10.2 Å². The number of rotatable bonds is 4. The average molecular weight is 501 g/mol. The monoisotopic (exact) mass is 500 g/mol. The molecule has 2 aromatic carbocycles. The number of halogens is 1. The maximum absolute atomic E-state index is 13.3. The van der Waals surface area contributed by atoms with Crippen molar-refractivity contribution in [2.24, 2.45) is 0 Å². The van der Waals surface area contributed by atoms with Crippen LogP contribution >= 0.6 is 0 Å². The largest absolute Gasteiger partial charge is 0.381 e. The number of ether oxygens (including phenoxy) is 1. The molecule has 0 spiro atoms. The molecule has 0 radical (unpaired) electrons. The molecule has 8 nitrogen and oxygen atoms in total. The van der Waals surface area contributed by atoms with Gasteiger partial charge in [-0.1, -0.05) is 18.2 Å². The Kier molecular flexibility index (Phi) is 6.53. The van der Waals surface area contributed by atoms with Crippen molar-refractivity contribution in [3.63, 3.8) is 0 Å². The predicted octanol–water partition coefficient (Wildman–Crippen LogP) is 4.20. The average Bonchev–Trinajstić information content (AvgIpc) is 3.23. The molecule has 2 saturated heterocycles. The Morgan fingerprint density at radius 2 is 1.70 bits per heavy atom. The molecule has 2 fully saturated rings. The molecule has 1 amide bonds. The minimum Gasteiger partial charge on any atom is -0.381 e. The highest BCUT2D eigenvalue weighted by Crippen LogP contribution is 2.31. The molecule has 0 N–H and O–H groups in total. The minimum atomic E-state index is -0.345. The first-order valence-corrected chi connectivity index (χ1v) is 12.9. The molecule has 0 atom stereocenters. The van der Waals surface area contributed by atoms with Crippen molar-refractivity contribution in [1.29, 1.82) is 0 Å². The van der Waals surface area contributed by atoms with Gasteiger partial charge in [0.25, 0.3) is 5.91 Å². The third kappa shape index (κ3) is 4.79. The molecular formula is C28H29FN6O2. The second kappa shape index (κ2) is 10.3. The number of aromatic nitrogens is 4. The van der Waals surface area contributed by atoms with E-state index in [2.05, 4.69) is 10.00 Å². The van der Waals surface area contributed by atoms with Crippen molar-refractivity contribution in [1.82, 2.24) is 24.6 Å². The number of fused-ring (bicyclic) bond motifs is 1. The third-order valence-corrected chi connectivity index (χ3v) is 7.19. The van der Waals surface area contributed by atoms with E-state index in [1.165, 1.54) is 12.1 Å². The van der Waals surface area contributed by atoms with Gasteiger partial charge >= 0.3 is 0 Å². The maximum Gasteiger partial charge on any atom is 0.253 e. The number of hydrogen-bond donors (Lipinski definition) is 0. The summed E-state index contributed by atoms with van der Waals surface area (Å²) in [5.41, 5.74) is 2.25. The molecule has 0 bridgehead atoms. The topological polar surface area (TPSA) is 76.4 Å². The van der Waals surface area contributed by atoms with Crippen LogP contribution in [0.1, 0.15) is 41.4 Å². The van der Waals surface area contributed by atoms with Crippen LogP contribution in [0.3, 0.4) is 0 Å². The van der Waals surface area contributed by atoms with Crippen LogP contribution in [-0.2, 0) is 4.74 Å². The molecule has 190 valence electrons. The minimum absolute atomic E-state index is 0.0746. The number of amides is 1. The van der Waals surface area contributed by atoms with Crippen molar-refractivity contribution in [2.45, 2.75) is 25.2 Å². The third-order valence-electron chi connectivity index (χ3n) is 7.19. The van der Waals surface area contributed by atoms with Crippen LogP contribution in [0.15, 0.2) is 60.8 Å². The lowest BCUT2D eigenvalue weighted by molar-refractivity contribution is 0.0767. The molecule has 37 heavy (non-hydrogen) atoms. The lowest BCUT2D eigenvalue weighted by atomic mass is 9.99. The number of carbonyl (C=O) groups excluding carboxylic acids is 1. The number of hydrogen-bond acceptors (Lipinski definition) is 6. The number of nitrogens with zero attached hydrogens (tertiary/aromatic N) is 6. The molecule has 0 unspecified atom stereocenters. The van der Waals surface area contributed by atoms with Crippen LogP contribution in [0, 0.1) is 5.82 Å². The van der Waals surface area contributed by atoms with Crippen LogP contribution in [0.25, 0.3) is 16.7 Å². The van der Waals surface area contributed by atoms with Gasteiger partial charge in [-0.15, -0.1) is 0 Å². The van der Waals surface area contributed by atoms with E-state index in [4.69, 9.17) is 14.7 Å². The first-order valence-electron chi connectivity index (χ1n) is 12.9. The van der Waals surface area contributed by atoms with Gasteiger partial charge < -0.3 is 14.5 Å². The Morgan fingerprint density at radius 1 is 0.919 bits per heavy atom. The molecular weight excluding hydrogens is 471 g/mol. The second-order valence-corrected chi connectivity index (χ2v) is 9.56. The van der Waals surface area contributed by atoms with E-state index in [0.717, 1.165) is 54.2 Å². The van der Waals surface area contributed by atoms with Gasteiger partial charge in [0.05, 0.1) is 17.3 Å². The van der Waals surface area contributed by atoms with E-state index in [-0.39, 0.29) is 17.6 Å². The molecule has 2 aliphatic rings. The molecule has 0 saturated carbocycles. The molecule has 2 aromatic heterocycles. The predicted molar refractivity (Wildman–Crippen MR) is 139 cm³/mol. The van der Waals surface area contributed by atoms with Crippen LogP contribution in [0.2, 0.25) is 0 Å². The first kappa shape index (κ1) is 23.5. The van der Waals surface area contributed by atoms with Crippen LogP contribution < -0.4 is 4.90 Å². The fourth-order valence-corrected chi connectivity index (χ4v) is 5.15. The van der Waals surface area contributed by atoms with Gasteiger partial charge in [-0.25, -0.2) is 19.0 Å². The molecule has 4 aromatic rings. The Morgan fingerprint density at radius 3 is 2.49 bits per heavy atom. The smallest absolute Gasteiger partial charge is 0.253 e. The van der Waals surface area contributed by atoms with Crippen LogP contribution in [0.5, 0.6) is 0 Å². The summed E-state index contributed by atoms with van der Waals surface area (Å²) in [7, 11) is 0. The van der Waals surface area contributed by atoms with E-state index in [0.29, 0.717) is 38.4 Å².